The molecule has 1 N–H and O–H groups in total. The van der Waals surface area contributed by atoms with E-state index >= 15 is 0 Å². The lowest BCUT2D eigenvalue weighted by molar-refractivity contribution is 0.0693. The van der Waals surface area contributed by atoms with Crippen LogP contribution in [0.4, 0.5) is 4.39 Å². The van der Waals surface area contributed by atoms with Gasteiger partial charge in [-0.1, -0.05) is 0 Å². The Hall–Kier alpha value is -1.55. The van der Waals surface area contributed by atoms with E-state index < -0.39 is 16.0 Å². The third kappa shape index (κ3) is 4.35. The van der Waals surface area contributed by atoms with Gasteiger partial charge in [0, 0.05) is 37.8 Å². The number of halogens is 1. The van der Waals surface area contributed by atoms with Crippen LogP contribution in [0.5, 0.6) is 0 Å². The third-order valence-corrected chi connectivity index (χ3v) is 6.55. The van der Waals surface area contributed by atoms with E-state index in [1.165, 1.54) is 32.9 Å². The summed E-state index contributed by atoms with van der Waals surface area (Å²) >= 11 is 0. The smallest absolute Gasteiger partial charge is 0.282 e. The maximum absolute atomic E-state index is 12.9. The molecule has 0 bridgehead atoms. The van der Waals surface area contributed by atoms with Gasteiger partial charge < -0.3 is 10.1 Å². The molecule has 138 valence electrons. The Morgan fingerprint density at radius 2 is 1.60 bits per heavy atom. The fourth-order valence-electron chi connectivity index (χ4n) is 3.04. The number of rotatable bonds is 4. The zero-order valence-electron chi connectivity index (χ0n) is 13.9. The summed E-state index contributed by atoms with van der Waals surface area (Å²) in [4.78, 5) is 12.2. The van der Waals surface area contributed by atoms with Crippen LogP contribution in [0, 0.1) is 5.82 Å². The molecule has 0 saturated carbocycles. The zero-order valence-corrected chi connectivity index (χ0v) is 14.7. The van der Waals surface area contributed by atoms with Gasteiger partial charge in [0.25, 0.3) is 16.1 Å². The second kappa shape index (κ2) is 7.77. The Labute approximate surface area is 146 Å². The quantitative estimate of drug-likeness (QED) is 0.841. The lowest BCUT2D eigenvalue weighted by Crippen LogP contribution is -2.53. The van der Waals surface area contributed by atoms with E-state index in [0.29, 0.717) is 57.8 Å². The van der Waals surface area contributed by atoms with Crippen LogP contribution in [-0.4, -0.2) is 68.4 Å². The van der Waals surface area contributed by atoms with Crippen LogP contribution in [0.15, 0.2) is 24.3 Å². The molecular formula is C16H22FN3O4S. The molecular weight excluding hydrogens is 349 g/mol. The van der Waals surface area contributed by atoms with Crippen molar-refractivity contribution in [3.05, 3.63) is 35.6 Å². The first-order chi connectivity index (χ1) is 12.0. The molecule has 2 saturated heterocycles. The molecule has 0 aliphatic carbocycles. The molecule has 7 nitrogen and oxygen atoms in total. The number of carbonyl (C=O) groups excluding carboxylic acids is 1. The van der Waals surface area contributed by atoms with E-state index in [-0.39, 0.29) is 11.9 Å². The second-order valence-electron chi connectivity index (χ2n) is 6.17. The molecule has 1 aromatic rings. The Kier molecular flexibility index (Phi) is 5.67. The number of nitrogens with one attached hydrogen (secondary N) is 1. The van der Waals surface area contributed by atoms with Gasteiger partial charge in [-0.15, -0.1) is 0 Å². The molecule has 1 amide bonds. The fourth-order valence-corrected chi connectivity index (χ4v) is 4.65. The lowest BCUT2D eigenvalue weighted by atomic mass is 10.1. The predicted molar refractivity (Wildman–Crippen MR) is 89.8 cm³/mol. The van der Waals surface area contributed by atoms with Crippen molar-refractivity contribution in [1.29, 1.82) is 0 Å². The average Bonchev–Trinajstić information content (AvgIpc) is 2.63. The highest BCUT2D eigenvalue weighted by Gasteiger charge is 2.34. The molecule has 2 fully saturated rings. The van der Waals surface area contributed by atoms with E-state index in [1.807, 2.05) is 0 Å². The number of amides is 1. The maximum atomic E-state index is 12.9. The standard InChI is InChI=1S/C16H22FN3O4S/c17-14-3-1-13(2-4-14)16(21)18-15-5-7-19(8-6-15)25(22,23)20-9-11-24-12-10-20/h1-4,15H,5-12H2,(H,18,21). The molecule has 0 atom stereocenters. The van der Waals surface area contributed by atoms with Gasteiger partial charge in [-0.3, -0.25) is 4.79 Å². The fraction of sp³-hybridized carbons (Fsp3) is 0.562. The van der Waals surface area contributed by atoms with Gasteiger partial charge in [-0.05, 0) is 37.1 Å². The first kappa shape index (κ1) is 18.2. The summed E-state index contributed by atoms with van der Waals surface area (Å²) in [5.74, 6) is -0.660. The first-order valence-corrected chi connectivity index (χ1v) is 9.76. The highest BCUT2D eigenvalue weighted by atomic mass is 32.2. The molecule has 0 unspecified atom stereocenters. The number of hydrogen-bond donors (Lipinski definition) is 1. The Balaban J connectivity index is 1.53. The highest BCUT2D eigenvalue weighted by Crippen LogP contribution is 2.18. The minimum Gasteiger partial charge on any atom is -0.379 e. The summed E-state index contributed by atoms with van der Waals surface area (Å²) in [6.07, 6.45) is 1.10. The van der Waals surface area contributed by atoms with Crippen LogP contribution in [0.2, 0.25) is 0 Å². The Morgan fingerprint density at radius 3 is 2.20 bits per heavy atom. The van der Waals surface area contributed by atoms with Gasteiger partial charge in [0.05, 0.1) is 13.2 Å². The van der Waals surface area contributed by atoms with Crippen molar-refractivity contribution in [3.8, 4) is 0 Å². The maximum Gasteiger partial charge on any atom is 0.282 e. The van der Waals surface area contributed by atoms with Gasteiger partial charge in [-0.2, -0.15) is 17.0 Å². The van der Waals surface area contributed by atoms with E-state index in [4.69, 9.17) is 4.74 Å². The summed E-state index contributed by atoms with van der Waals surface area (Å²) in [6.45, 7) is 2.34. The summed E-state index contributed by atoms with van der Waals surface area (Å²) in [5.41, 5.74) is 0.393. The minimum absolute atomic E-state index is 0.0892. The molecule has 0 spiro atoms. The van der Waals surface area contributed by atoms with E-state index in [2.05, 4.69) is 5.32 Å². The van der Waals surface area contributed by atoms with E-state index in [9.17, 15) is 17.6 Å². The summed E-state index contributed by atoms with van der Waals surface area (Å²) in [5, 5.41) is 2.89. The van der Waals surface area contributed by atoms with Crippen molar-refractivity contribution in [3.63, 3.8) is 0 Å². The highest BCUT2D eigenvalue weighted by molar-refractivity contribution is 7.86. The number of benzene rings is 1. The van der Waals surface area contributed by atoms with Gasteiger partial charge in [0.15, 0.2) is 0 Å². The summed E-state index contributed by atoms with van der Waals surface area (Å²) in [7, 11) is -3.46. The summed E-state index contributed by atoms with van der Waals surface area (Å²) in [6, 6.07) is 5.26. The van der Waals surface area contributed by atoms with Crippen LogP contribution in [-0.2, 0) is 14.9 Å². The number of morpholine rings is 1. The number of piperidine rings is 1. The van der Waals surface area contributed by atoms with Crippen molar-refractivity contribution in [2.45, 2.75) is 18.9 Å². The molecule has 0 aromatic heterocycles. The van der Waals surface area contributed by atoms with Crippen LogP contribution in [0.25, 0.3) is 0 Å². The number of carbonyl (C=O) groups is 1. The number of ether oxygens (including phenoxy) is 1. The zero-order chi connectivity index (χ0) is 17.9. The molecule has 2 heterocycles. The van der Waals surface area contributed by atoms with Crippen molar-refractivity contribution >= 4 is 16.1 Å². The van der Waals surface area contributed by atoms with E-state index in [0.717, 1.165) is 0 Å². The van der Waals surface area contributed by atoms with Crippen LogP contribution in [0.1, 0.15) is 23.2 Å². The van der Waals surface area contributed by atoms with Crippen molar-refractivity contribution in [1.82, 2.24) is 13.9 Å². The summed E-state index contributed by atoms with van der Waals surface area (Å²) < 4.78 is 46.2. The van der Waals surface area contributed by atoms with Crippen LogP contribution >= 0.6 is 0 Å². The molecule has 2 aliphatic rings. The van der Waals surface area contributed by atoms with Crippen molar-refractivity contribution < 1.29 is 22.3 Å². The lowest BCUT2D eigenvalue weighted by Gasteiger charge is -2.36. The van der Waals surface area contributed by atoms with Crippen LogP contribution < -0.4 is 5.32 Å². The van der Waals surface area contributed by atoms with Gasteiger partial charge in [-0.25, -0.2) is 4.39 Å². The molecule has 9 heteroatoms. The largest absolute Gasteiger partial charge is 0.379 e. The predicted octanol–water partition coefficient (Wildman–Crippen LogP) is 0.597. The SMILES string of the molecule is O=C(NC1CCN(S(=O)(=O)N2CCOCC2)CC1)c1ccc(F)cc1. The first-order valence-electron chi connectivity index (χ1n) is 8.36. The molecule has 0 radical (unpaired) electrons. The third-order valence-electron chi connectivity index (χ3n) is 4.52. The topological polar surface area (TPSA) is 79.0 Å². The molecule has 3 rings (SSSR count). The van der Waals surface area contributed by atoms with Gasteiger partial charge in [0.2, 0.25) is 0 Å². The average molecular weight is 371 g/mol. The van der Waals surface area contributed by atoms with Crippen LogP contribution in [0.3, 0.4) is 0 Å². The number of hydrogen-bond acceptors (Lipinski definition) is 4. The molecule has 1 aromatic carbocycles. The molecule has 25 heavy (non-hydrogen) atoms. The minimum atomic E-state index is -3.46. The van der Waals surface area contributed by atoms with E-state index in [1.54, 1.807) is 0 Å². The Morgan fingerprint density at radius 1 is 1.04 bits per heavy atom. The van der Waals surface area contributed by atoms with Crippen molar-refractivity contribution in [2.24, 2.45) is 0 Å². The normalized spacial score (nSPS) is 21.2. The second-order valence-corrected chi connectivity index (χ2v) is 8.10. The number of nitrogens with zero attached hydrogens (tertiary/aromatic N) is 2. The Bertz CT molecular complexity index is 697. The van der Waals surface area contributed by atoms with Gasteiger partial charge in [0.1, 0.15) is 5.82 Å². The molecule has 2 aliphatic heterocycles. The van der Waals surface area contributed by atoms with Gasteiger partial charge >= 0.3 is 0 Å². The monoisotopic (exact) mass is 371 g/mol. The van der Waals surface area contributed by atoms with Crippen molar-refractivity contribution in [2.75, 3.05) is 39.4 Å².